The van der Waals surface area contributed by atoms with E-state index in [1.54, 1.807) is 24.3 Å². The number of anilines is 1. The molecule has 0 amide bonds. The Labute approximate surface area is 218 Å². The molecule has 0 saturated carbocycles. The van der Waals surface area contributed by atoms with Gasteiger partial charge in [0, 0.05) is 33.8 Å². The van der Waals surface area contributed by atoms with Crippen LogP contribution in [-0.4, -0.2) is 21.3 Å². The molecular weight excluding hydrogens is 431 g/mol. The minimum absolute atomic E-state index is 0. The molecule has 0 bridgehead atoms. The number of fused-ring (bicyclic) bond motifs is 2. The van der Waals surface area contributed by atoms with Crippen molar-refractivity contribution in [3.8, 4) is 28.2 Å². The summed E-state index contributed by atoms with van der Waals surface area (Å²) in [7, 11) is 0. The summed E-state index contributed by atoms with van der Waals surface area (Å²) in [6.45, 7) is 0. The first-order valence-corrected chi connectivity index (χ1v) is 8.84. The second-order valence-electron chi connectivity index (χ2n) is 6.34. The van der Waals surface area contributed by atoms with Crippen molar-refractivity contribution in [1.82, 2.24) is 0 Å². The predicted molar refractivity (Wildman–Crippen MR) is 114 cm³/mol. The number of phenols is 1. The Morgan fingerprint density at radius 2 is 1.77 bits per heavy atom. The van der Waals surface area contributed by atoms with Gasteiger partial charge in [-0.1, -0.05) is 24.4 Å². The van der Waals surface area contributed by atoms with Crippen molar-refractivity contribution in [2.45, 2.75) is 0 Å². The molecule has 2 aromatic rings. The standard InChI is InChI=1S/C21H14N2O5S.K/c22-21(29)23-10-1-4-13(16(7-10)20(26)27)19-14-5-2-11(24)8-17(14)28-18-9-12(25)3-6-15(18)19;/h1-9H,(H5,22,23,24,25,26,27,29);/q;+1/p-1. The van der Waals surface area contributed by atoms with Gasteiger partial charge in [0.1, 0.15) is 17.1 Å². The number of nitrogens with one attached hydrogen (secondary N) is 2. The van der Waals surface area contributed by atoms with E-state index in [1.807, 2.05) is 0 Å². The topological polar surface area (TPSA) is 124 Å². The second-order valence-corrected chi connectivity index (χ2v) is 6.74. The average molecular weight is 445 g/mol. The van der Waals surface area contributed by atoms with Crippen LogP contribution in [0.5, 0.6) is 5.75 Å². The number of carboxylic acids is 1. The normalized spacial score (nSPS) is 10.5. The molecule has 2 aromatic carbocycles. The number of carbonyl (C=O) groups is 1. The molecule has 30 heavy (non-hydrogen) atoms. The molecule has 7 nitrogen and oxygen atoms in total. The first-order chi connectivity index (χ1) is 13.8. The summed E-state index contributed by atoms with van der Waals surface area (Å²) in [5.74, 6) is -0.913. The van der Waals surface area contributed by atoms with E-state index in [0.717, 1.165) is 0 Å². The third kappa shape index (κ3) is 4.27. The van der Waals surface area contributed by atoms with Crippen LogP contribution < -0.4 is 62.1 Å². The molecular formula is C21H13KN2O5S. The molecule has 1 heterocycles. The predicted octanol–water partition coefficient (Wildman–Crippen LogP) is 1.72. The summed E-state index contributed by atoms with van der Waals surface area (Å²) in [6.07, 6.45) is 0. The Morgan fingerprint density at radius 1 is 1.03 bits per heavy atom. The minimum Gasteiger partial charge on any atom is -0.508 e. The van der Waals surface area contributed by atoms with E-state index < -0.39 is 5.97 Å². The number of hydrogen-bond donors (Lipinski definition) is 3. The third-order valence-electron chi connectivity index (χ3n) is 4.45. The number of hydrogen-bond acceptors (Lipinski definition) is 5. The molecule has 144 valence electrons. The smallest absolute Gasteiger partial charge is 0.508 e. The van der Waals surface area contributed by atoms with E-state index in [0.29, 0.717) is 33.3 Å². The molecule has 4 rings (SSSR count). The van der Waals surface area contributed by atoms with Crippen LogP contribution in [0.1, 0.15) is 10.4 Å². The number of rotatable bonds is 3. The van der Waals surface area contributed by atoms with E-state index >= 15 is 0 Å². The fourth-order valence-electron chi connectivity index (χ4n) is 3.30. The van der Waals surface area contributed by atoms with Gasteiger partial charge in [0.05, 0.1) is 5.56 Å². The van der Waals surface area contributed by atoms with Gasteiger partial charge in [0.25, 0.3) is 0 Å². The van der Waals surface area contributed by atoms with Crippen molar-refractivity contribution in [2.75, 3.05) is 5.32 Å². The zero-order chi connectivity index (χ0) is 20.7. The van der Waals surface area contributed by atoms with Gasteiger partial charge >= 0.3 is 57.4 Å². The molecule has 4 N–H and O–H groups in total. The van der Waals surface area contributed by atoms with Crippen LogP contribution >= 0.6 is 12.2 Å². The van der Waals surface area contributed by atoms with Crippen molar-refractivity contribution in [3.63, 3.8) is 0 Å². The van der Waals surface area contributed by atoms with Crippen molar-refractivity contribution < 1.29 is 70.8 Å². The third-order valence-corrected chi connectivity index (χ3v) is 4.56. The first-order valence-electron chi connectivity index (χ1n) is 8.43. The average Bonchev–Trinajstić information content (AvgIpc) is 2.65. The van der Waals surface area contributed by atoms with Gasteiger partial charge in [0.2, 0.25) is 0 Å². The summed E-state index contributed by atoms with van der Waals surface area (Å²) in [4.78, 5) is 23.8. The summed E-state index contributed by atoms with van der Waals surface area (Å²) in [6, 6.07) is 13.4. The Morgan fingerprint density at radius 3 is 2.47 bits per heavy atom. The molecule has 2 aliphatic rings. The molecule has 0 aromatic heterocycles. The van der Waals surface area contributed by atoms with Crippen LogP contribution in [0.15, 0.2) is 63.8 Å². The summed E-state index contributed by atoms with van der Waals surface area (Å²) in [5, 5.41) is 22.6. The molecule has 0 radical (unpaired) electrons. The van der Waals surface area contributed by atoms with Crippen LogP contribution in [0, 0.1) is 0 Å². The van der Waals surface area contributed by atoms with E-state index in [4.69, 9.17) is 22.4 Å². The summed E-state index contributed by atoms with van der Waals surface area (Å²) < 4.78 is 5.79. The van der Waals surface area contributed by atoms with Gasteiger partial charge in [-0.15, -0.1) is 0 Å². The van der Waals surface area contributed by atoms with Gasteiger partial charge < -0.3 is 25.7 Å². The van der Waals surface area contributed by atoms with Crippen LogP contribution in [-0.2, 0) is 0 Å². The largest absolute Gasteiger partial charge is 1.00 e. The Bertz CT molecular complexity index is 1330. The van der Waals surface area contributed by atoms with Crippen LogP contribution in [0.3, 0.4) is 0 Å². The fourth-order valence-corrected chi connectivity index (χ4v) is 3.42. The maximum Gasteiger partial charge on any atom is 1.00 e. The van der Waals surface area contributed by atoms with Crippen molar-refractivity contribution in [2.24, 2.45) is 0 Å². The number of carboxylic acid groups (broad SMARTS) is 1. The van der Waals surface area contributed by atoms with Gasteiger partial charge in [-0.25, -0.2) is 4.79 Å². The van der Waals surface area contributed by atoms with E-state index in [1.165, 1.54) is 30.3 Å². The zero-order valence-corrected chi connectivity index (χ0v) is 19.7. The quantitative estimate of drug-likeness (QED) is 0.250. The van der Waals surface area contributed by atoms with Crippen molar-refractivity contribution >= 4 is 40.0 Å². The van der Waals surface area contributed by atoms with E-state index in [2.05, 4.69) is 5.32 Å². The monoisotopic (exact) mass is 444 g/mol. The van der Waals surface area contributed by atoms with E-state index in [9.17, 15) is 19.8 Å². The van der Waals surface area contributed by atoms with Crippen LogP contribution in [0.4, 0.5) is 5.69 Å². The van der Waals surface area contributed by atoms with E-state index in [-0.39, 0.29) is 79.0 Å². The molecule has 1 aliphatic heterocycles. The summed E-state index contributed by atoms with van der Waals surface area (Å²) >= 11 is 4.71. The Balaban J connectivity index is 0.00000256. The van der Waals surface area contributed by atoms with Gasteiger partial charge in [-0.05, 0) is 41.6 Å². The number of phenolic OH excluding ortho intramolecular Hbond substituents is 1. The first kappa shape index (κ1) is 22.4. The molecule has 9 heteroatoms. The van der Waals surface area contributed by atoms with Crippen molar-refractivity contribution in [1.29, 1.82) is 0 Å². The number of aromatic carboxylic acids is 1. The maximum absolute atomic E-state index is 12.0. The Kier molecular flexibility index (Phi) is 6.61. The zero-order valence-electron chi connectivity index (χ0n) is 15.7. The second kappa shape index (κ2) is 8.84. The van der Waals surface area contributed by atoms with Crippen LogP contribution in [0.2, 0.25) is 0 Å². The van der Waals surface area contributed by atoms with Crippen LogP contribution in [0.25, 0.3) is 39.2 Å². The molecule has 0 saturated heterocycles. The van der Waals surface area contributed by atoms with Crippen molar-refractivity contribution in [3.05, 3.63) is 76.1 Å². The maximum atomic E-state index is 12.0. The Hall–Kier alpha value is -2.27. The minimum atomic E-state index is -1.17. The number of thiocarbonyl (C=S) groups is 1. The summed E-state index contributed by atoms with van der Waals surface area (Å²) in [5.41, 5.74) is 9.30. The van der Waals surface area contributed by atoms with Gasteiger partial charge in [0.15, 0.2) is 5.43 Å². The molecule has 0 spiro atoms. The molecule has 0 unspecified atom stereocenters. The number of benzene rings is 3. The fraction of sp³-hybridized carbons (Fsp3) is 0. The molecule has 0 fully saturated rings. The molecule has 0 atom stereocenters. The SMILES string of the molecule is [K+].[NH-]C(=S)Nc1ccc(-c2c3ccc(=O)cc-3oc3cc(O)ccc23)c(C(=O)O)c1. The number of aromatic hydroxyl groups is 1. The molecule has 1 aliphatic carbocycles. The van der Waals surface area contributed by atoms with Gasteiger partial charge in [-0.3, -0.25) is 4.79 Å². The van der Waals surface area contributed by atoms with Gasteiger partial charge in [-0.2, -0.15) is 0 Å².